The lowest BCUT2D eigenvalue weighted by Crippen LogP contribution is -2.99. The van der Waals surface area contributed by atoms with E-state index in [1.165, 1.54) is 12.1 Å². The van der Waals surface area contributed by atoms with Gasteiger partial charge in [0.05, 0.1) is 0 Å². The van der Waals surface area contributed by atoms with Crippen LogP contribution in [0.2, 0.25) is 0 Å². The second kappa shape index (κ2) is 6.06. The van der Waals surface area contributed by atoms with Gasteiger partial charge in [-0.05, 0) is 12.1 Å². The SMILES string of the molecule is Nc1ccc(Cc2ccc(N)cc2[NH+]([O-])O)c([NH+]([O-])O)c1. The fourth-order valence-electron chi connectivity index (χ4n) is 2.10. The van der Waals surface area contributed by atoms with Crippen molar-refractivity contribution in [2.45, 2.75) is 6.42 Å². The normalized spacial score (nSPS) is 13.9. The van der Waals surface area contributed by atoms with Crippen LogP contribution in [-0.2, 0) is 6.42 Å². The summed E-state index contributed by atoms with van der Waals surface area (Å²) in [5.74, 6) is 0. The average Bonchev–Trinajstić information content (AvgIpc) is 2.42. The van der Waals surface area contributed by atoms with Crippen LogP contribution in [0.4, 0.5) is 22.7 Å². The lowest BCUT2D eigenvalue weighted by atomic mass is 10.0. The number of rotatable bonds is 4. The van der Waals surface area contributed by atoms with Crippen molar-refractivity contribution >= 4 is 22.7 Å². The minimum atomic E-state index is -1.11. The smallest absolute Gasteiger partial charge is 0.169 e. The molecular weight excluding hydrogens is 276 g/mol. The number of benzene rings is 2. The Bertz CT molecular complexity index is 591. The maximum Gasteiger partial charge on any atom is 0.169 e. The third-order valence-corrected chi connectivity index (χ3v) is 3.11. The summed E-state index contributed by atoms with van der Waals surface area (Å²) in [5.41, 5.74) is 12.9. The third kappa shape index (κ3) is 3.47. The molecule has 0 fully saturated rings. The predicted octanol–water partition coefficient (Wildman–Crippen LogP) is -0.751. The quantitative estimate of drug-likeness (QED) is 0.323. The Balaban J connectivity index is 2.43. The van der Waals surface area contributed by atoms with Gasteiger partial charge in [0.2, 0.25) is 0 Å². The first-order chi connectivity index (χ1) is 9.88. The van der Waals surface area contributed by atoms with Gasteiger partial charge in [0.1, 0.15) is 0 Å². The van der Waals surface area contributed by atoms with E-state index in [-0.39, 0.29) is 17.8 Å². The molecule has 21 heavy (non-hydrogen) atoms. The fraction of sp³-hybridized carbons (Fsp3) is 0.0769. The number of nitrogens with two attached hydrogens (primary N) is 2. The van der Waals surface area contributed by atoms with Gasteiger partial charge in [-0.3, -0.25) is 0 Å². The van der Waals surface area contributed by atoms with Crippen LogP contribution in [0.15, 0.2) is 36.4 Å². The molecule has 0 amide bonds. The van der Waals surface area contributed by atoms with Crippen molar-refractivity contribution in [3.63, 3.8) is 0 Å². The van der Waals surface area contributed by atoms with Crippen molar-refractivity contribution < 1.29 is 20.9 Å². The summed E-state index contributed by atoms with van der Waals surface area (Å²) in [4.78, 5) is 0. The number of nitrogens with one attached hydrogen (secondary N) is 2. The van der Waals surface area contributed by atoms with Gasteiger partial charge in [-0.15, -0.1) is 0 Å². The minimum absolute atomic E-state index is 0.0585. The maximum atomic E-state index is 11.2. The molecule has 0 spiro atoms. The Labute approximate surface area is 120 Å². The van der Waals surface area contributed by atoms with Crippen molar-refractivity contribution in [2.24, 2.45) is 0 Å². The van der Waals surface area contributed by atoms with Crippen LogP contribution in [0, 0.1) is 10.4 Å². The summed E-state index contributed by atoms with van der Waals surface area (Å²) in [5, 5.41) is 38.7. The van der Waals surface area contributed by atoms with Crippen molar-refractivity contribution in [2.75, 3.05) is 11.5 Å². The van der Waals surface area contributed by atoms with Crippen molar-refractivity contribution in [3.8, 4) is 0 Å². The van der Waals surface area contributed by atoms with E-state index in [1.807, 2.05) is 0 Å². The van der Waals surface area contributed by atoms with Gasteiger partial charge < -0.3 is 21.9 Å². The van der Waals surface area contributed by atoms with E-state index in [4.69, 9.17) is 11.5 Å². The van der Waals surface area contributed by atoms with Crippen molar-refractivity contribution in [1.82, 2.24) is 0 Å². The first-order valence-corrected chi connectivity index (χ1v) is 6.12. The Hall–Kier alpha value is -2.20. The Morgan fingerprint density at radius 3 is 1.52 bits per heavy atom. The monoisotopic (exact) mass is 292 g/mol. The first kappa shape index (κ1) is 15.2. The zero-order valence-corrected chi connectivity index (χ0v) is 11.0. The summed E-state index contributed by atoms with van der Waals surface area (Å²) in [7, 11) is 0. The molecule has 8 nitrogen and oxygen atoms in total. The van der Waals surface area contributed by atoms with Crippen LogP contribution >= 0.6 is 0 Å². The molecule has 0 radical (unpaired) electrons. The van der Waals surface area contributed by atoms with E-state index in [1.54, 1.807) is 24.3 Å². The van der Waals surface area contributed by atoms with Gasteiger partial charge in [0, 0.05) is 41.1 Å². The highest BCUT2D eigenvalue weighted by molar-refractivity contribution is 5.57. The lowest BCUT2D eigenvalue weighted by Gasteiger charge is -2.19. The number of anilines is 2. The molecule has 0 aliphatic carbocycles. The lowest BCUT2D eigenvalue weighted by molar-refractivity contribution is -0.991. The predicted molar refractivity (Wildman–Crippen MR) is 76.1 cm³/mol. The van der Waals surface area contributed by atoms with Crippen LogP contribution in [0.5, 0.6) is 0 Å². The highest BCUT2D eigenvalue weighted by atomic mass is 16.8. The molecule has 8 heteroatoms. The molecule has 0 saturated carbocycles. The van der Waals surface area contributed by atoms with E-state index in [2.05, 4.69) is 0 Å². The Kier molecular flexibility index (Phi) is 4.38. The molecule has 2 rings (SSSR count). The summed E-state index contributed by atoms with van der Waals surface area (Å²) in [6.45, 7) is 0. The van der Waals surface area contributed by atoms with Crippen LogP contribution in [-0.4, -0.2) is 10.4 Å². The molecule has 2 aromatic carbocycles. The van der Waals surface area contributed by atoms with Gasteiger partial charge >= 0.3 is 0 Å². The van der Waals surface area contributed by atoms with Gasteiger partial charge in [-0.2, -0.15) is 10.5 Å². The minimum Gasteiger partial charge on any atom is -0.595 e. The largest absolute Gasteiger partial charge is 0.595 e. The summed E-state index contributed by atoms with van der Waals surface area (Å²) < 4.78 is 0. The van der Waals surface area contributed by atoms with Crippen LogP contribution in [0.3, 0.4) is 0 Å². The highest BCUT2D eigenvalue weighted by Crippen LogP contribution is 2.23. The maximum absolute atomic E-state index is 11.2. The van der Waals surface area contributed by atoms with Crippen molar-refractivity contribution in [3.05, 3.63) is 57.9 Å². The molecule has 2 aromatic rings. The first-order valence-electron chi connectivity index (χ1n) is 6.12. The number of quaternary nitrogens is 2. The molecule has 0 aliphatic heterocycles. The number of nitrogen functional groups attached to an aromatic ring is 2. The highest BCUT2D eigenvalue weighted by Gasteiger charge is 2.15. The topological polar surface area (TPSA) is 148 Å². The van der Waals surface area contributed by atoms with Crippen molar-refractivity contribution in [1.29, 1.82) is 0 Å². The molecule has 2 unspecified atom stereocenters. The zero-order chi connectivity index (χ0) is 15.6. The Morgan fingerprint density at radius 2 is 1.19 bits per heavy atom. The fourth-order valence-corrected chi connectivity index (χ4v) is 2.10. The number of hydrogen-bond acceptors (Lipinski definition) is 6. The molecule has 0 aromatic heterocycles. The number of hydrogen-bond donors (Lipinski definition) is 6. The Morgan fingerprint density at radius 1 is 0.810 bits per heavy atom. The van der Waals surface area contributed by atoms with Gasteiger partial charge in [0.25, 0.3) is 0 Å². The standard InChI is InChI=1S/C13H16N4O4/c14-10-3-1-8(12(6-10)16(18)19)5-9-2-4-11(15)7-13(9)17(20)21/h1-4,6-7,16-18,20H,5,14-15H2. The van der Waals surface area contributed by atoms with Crippen LogP contribution in [0.1, 0.15) is 11.1 Å². The molecule has 0 aliphatic rings. The van der Waals surface area contributed by atoms with E-state index < -0.39 is 10.5 Å². The van der Waals surface area contributed by atoms with E-state index in [0.29, 0.717) is 22.5 Å². The van der Waals surface area contributed by atoms with Crippen LogP contribution in [0.25, 0.3) is 0 Å². The molecule has 0 bridgehead atoms. The molecule has 112 valence electrons. The van der Waals surface area contributed by atoms with E-state index in [9.17, 15) is 20.8 Å². The van der Waals surface area contributed by atoms with Crippen LogP contribution < -0.4 is 21.9 Å². The summed E-state index contributed by atoms with van der Waals surface area (Å²) in [6, 6.07) is 9.05. The molecule has 8 N–H and O–H groups in total. The molecule has 0 heterocycles. The molecular formula is C13H16N4O4. The molecule has 2 atom stereocenters. The van der Waals surface area contributed by atoms with Gasteiger partial charge in [-0.1, -0.05) is 12.1 Å². The van der Waals surface area contributed by atoms with Gasteiger partial charge in [-0.25, -0.2) is 10.4 Å². The average molecular weight is 292 g/mol. The van der Waals surface area contributed by atoms with E-state index >= 15 is 0 Å². The second-order valence-electron chi connectivity index (χ2n) is 4.62. The summed E-state index contributed by atoms with van der Waals surface area (Å²) >= 11 is 0. The van der Waals surface area contributed by atoms with E-state index in [0.717, 1.165) is 0 Å². The molecule has 0 saturated heterocycles. The second-order valence-corrected chi connectivity index (χ2v) is 4.62. The summed E-state index contributed by atoms with van der Waals surface area (Å²) in [6.07, 6.45) is 0.170. The zero-order valence-electron chi connectivity index (χ0n) is 11.0. The van der Waals surface area contributed by atoms with Gasteiger partial charge in [0.15, 0.2) is 11.4 Å². The third-order valence-electron chi connectivity index (χ3n) is 3.11.